The minimum Gasteiger partial charge on any atom is -0.458 e. The number of para-hydroxylation sites is 1. The number of fused-ring (bicyclic) bond motifs is 1. The molecule has 104 valence electrons. The van der Waals surface area contributed by atoms with E-state index in [0.29, 0.717) is 5.76 Å². The molecule has 0 aliphatic rings. The lowest BCUT2D eigenvalue weighted by Crippen LogP contribution is -2.01. The maximum Gasteiger partial charge on any atom is 0.149 e. The van der Waals surface area contributed by atoms with E-state index in [2.05, 4.69) is 9.59 Å². The van der Waals surface area contributed by atoms with Gasteiger partial charge < -0.3 is 9.52 Å². The van der Waals surface area contributed by atoms with Gasteiger partial charge in [0.05, 0.1) is 10.6 Å². The molecular weight excluding hydrogens is 272 g/mol. The van der Waals surface area contributed by atoms with Crippen molar-refractivity contribution in [2.24, 2.45) is 0 Å². The minimum absolute atomic E-state index is 0.226. The third kappa shape index (κ3) is 2.13. The Balaban J connectivity index is 2.06. The zero-order chi connectivity index (χ0) is 14.3. The second-order valence-corrected chi connectivity index (χ2v) is 6.01. The molecule has 3 rings (SSSR count). The predicted octanol–water partition coefficient (Wildman–Crippen LogP) is 3.80. The Hall–Kier alpha value is -1.72. The molecule has 20 heavy (non-hydrogen) atoms. The lowest BCUT2D eigenvalue weighted by Gasteiger charge is -2.08. The van der Waals surface area contributed by atoms with E-state index in [1.165, 1.54) is 11.5 Å². The van der Waals surface area contributed by atoms with Gasteiger partial charge in [0.1, 0.15) is 17.4 Å². The molecule has 2 heterocycles. The van der Waals surface area contributed by atoms with Gasteiger partial charge in [0.2, 0.25) is 0 Å². The fraction of sp³-hybridized carbons (Fsp3) is 0.333. The monoisotopic (exact) mass is 288 g/mol. The number of aliphatic hydroxyl groups excluding tert-OH is 1. The van der Waals surface area contributed by atoms with E-state index in [1.807, 2.05) is 45.0 Å². The van der Waals surface area contributed by atoms with Crippen molar-refractivity contribution in [1.82, 2.24) is 9.59 Å². The molecule has 0 fully saturated rings. The zero-order valence-electron chi connectivity index (χ0n) is 11.6. The topological polar surface area (TPSA) is 59.2 Å². The molecule has 0 aliphatic heterocycles. The molecule has 0 bridgehead atoms. The van der Waals surface area contributed by atoms with Gasteiger partial charge >= 0.3 is 0 Å². The van der Waals surface area contributed by atoms with Crippen molar-refractivity contribution in [3.8, 4) is 0 Å². The summed E-state index contributed by atoms with van der Waals surface area (Å²) in [5.41, 5.74) is 2.72. The van der Waals surface area contributed by atoms with Crippen LogP contribution in [0, 0.1) is 6.92 Å². The number of nitrogens with zero attached hydrogens (tertiary/aromatic N) is 2. The molecular formula is C15H16N2O2S. The van der Waals surface area contributed by atoms with E-state index in [0.717, 1.165) is 27.1 Å². The molecule has 2 aromatic heterocycles. The summed E-state index contributed by atoms with van der Waals surface area (Å²) in [6.45, 7) is 6.07. The van der Waals surface area contributed by atoms with E-state index >= 15 is 0 Å². The number of benzene rings is 1. The van der Waals surface area contributed by atoms with Gasteiger partial charge in [0.25, 0.3) is 0 Å². The number of aromatic nitrogens is 2. The Morgan fingerprint density at radius 3 is 2.80 bits per heavy atom. The van der Waals surface area contributed by atoms with E-state index in [-0.39, 0.29) is 5.92 Å². The quantitative estimate of drug-likeness (QED) is 0.796. The highest BCUT2D eigenvalue weighted by Crippen LogP contribution is 2.34. The van der Waals surface area contributed by atoms with Crippen molar-refractivity contribution >= 4 is 22.5 Å². The Morgan fingerprint density at radius 1 is 1.30 bits per heavy atom. The van der Waals surface area contributed by atoms with Gasteiger partial charge in [-0.25, -0.2) is 0 Å². The van der Waals surface area contributed by atoms with Crippen molar-refractivity contribution < 1.29 is 9.52 Å². The summed E-state index contributed by atoms with van der Waals surface area (Å²) < 4.78 is 9.77. The van der Waals surface area contributed by atoms with Crippen LogP contribution in [-0.2, 0) is 0 Å². The molecule has 1 atom stereocenters. The largest absolute Gasteiger partial charge is 0.458 e. The standard InChI is InChI=1S/C15H16N2O2S/c1-8(2)12-15(20-17-16-12)13(18)11-7-10-6-4-5-9(3)14(10)19-11/h4-8,13,18H,1-3H3. The number of furan rings is 1. The maximum absolute atomic E-state index is 10.5. The number of rotatable bonds is 3. The molecule has 4 nitrogen and oxygen atoms in total. The predicted molar refractivity (Wildman–Crippen MR) is 79.0 cm³/mol. The molecule has 3 aromatic rings. The van der Waals surface area contributed by atoms with Crippen molar-refractivity contribution in [3.63, 3.8) is 0 Å². The van der Waals surface area contributed by atoms with Crippen LogP contribution >= 0.6 is 11.5 Å². The van der Waals surface area contributed by atoms with Gasteiger partial charge in [0, 0.05) is 5.39 Å². The summed E-state index contributed by atoms with van der Waals surface area (Å²) in [7, 11) is 0. The van der Waals surface area contributed by atoms with Crippen molar-refractivity contribution in [3.05, 3.63) is 46.2 Å². The molecule has 0 saturated carbocycles. The average molecular weight is 288 g/mol. The lowest BCUT2D eigenvalue weighted by atomic mass is 10.1. The lowest BCUT2D eigenvalue weighted by molar-refractivity contribution is 0.194. The normalized spacial score (nSPS) is 13.2. The highest BCUT2D eigenvalue weighted by Gasteiger charge is 2.23. The molecule has 0 saturated heterocycles. The van der Waals surface area contributed by atoms with Crippen LogP contribution in [0.3, 0.4) is 0 Å². The van der Waals surface area contributed by atoms with Crippen LogP contribution in [0.2, 0.25) is 0 Å². The molecule has 0 spiro atoms. The minimum atomic E-state index is -0.806. The Kier molecular flexibility index (Phi) is 3.31. The zero-order valence-corrected chi connectivity index (χ0v) is 12.4. The van der Waals surface area contributed by atoms with E-state index in [4.69, 9.17) is 4.42 Å². The second kappa shape index (κ2) is 5.00. The number of hydrogen-bond acceptors (Lipinski definition) is 5. The van der Waals surface area contributed by atoms with Gasteiger partial charge in [-0.3, -0.25) is 0 Å². The van der Waals surface area contributed by atoms with Gasteiger partial charge in [-0.15, -0.1) is 5.10 Å². The molecule has 1 aromatic carbocycles. The van der Waals surface area contributed by atoms with Crippen molar-refractivity contribution in [2.75, 3.05) is 0 Å². The van der Waals surface area contributed by atoms with Crippen LogP contribution in [0.1, 0.15) is 47.8 Å². The van der Waals surface area contributed by atoms with Gasteiger partial charge in [-0.1, -0.05) is 36.5 Å². The fourth-order valence-electron chi connectivity index (χ4n) is 2.29. The summed E-state index contributed by atoms with van der Waals surface area (Å²) in [5, 5.41) is 15.6. The molecule has 0 amide bonds. The molecule has 1 unspecified atom stereocenters. The van der Waals surface area contributed by atoms with Crippen molar-refractivity contribution in [1.29, 1.82) is 0 Å². The Labute approximate surface area is 121 Å². The van der Waals surface area contributed by atoms with E-state index in [1.54, 1.807) is 0 Å². The van der Waals surface area contributed by atoms with Crippen LogP contribution in [0.15, 0.2) is 28.7 Å². The fourth-order valence-corrected chi connectivity index (χ4v) is 3.09. The summed E-state index contributed by atoms with van der Waals surface area (Å²) >= 11 is 1.22. The number of hydrogen-bond donors (Lipinski definition) is 1. The van der Waals surface area contributed by atoms with E-state index in [9.17, 15) is 5.11 Å². The van der Waals surface area contributed by atoms with Crippen LogP contribution in [0.25, 0.3) is 11.0 Å². The van der Waals surface area contributed by atoms with Crippen LogP contribution in [0.4, 0.5) is 0 Å². The smallest absolute Gasteiger partial charge is 0.149 e. The van der Waals surface area contributed by atoms with Gasteiger partial charge in [0.15, 0.2) is 0 Å². The third-order valence-corrected chi connectivity index (χ3v) is 4.16. The van der Waals surface area contributed by atoms with Gasteiger partial charge in [-0.05, 0) is 36.0 Å². The highest BCUT2D eigenvalue weighted by molar-refractivity contribution is 7.05. The first kappa shape index (κ1) is 13.3. The molecule has 0 radical (unpaired) electrons. The second-order valence-electron chi connectivity index (χ2n) is 5.22. The van der Waals surface area contributed by atoms with E-state index < -0.39 is 6.10 Å². The van der Waals surface area contributed by atoms with Crippen molar-refractivity contribution in [2.45, 2.75) is 32.8 Å². The Morgan fingerprint density at radius 2 is 2.10 bits per heavy atom. The number of aliphatic hydroxyl groups is 1. The summed E-state index contributed by atoms with van der Waals surface area (Å²) in [5.74, 6) is 0.770. The third-order valence-electron chi connectivity index (χ3n) is 3.36. The first-order valence-electron chi connectivity index (χ1n) is 6.57. The van der Waals surface area contributed by atoms with Gasteiger partial charge in [-0.2, -0.15) is 0 Å². The first-order valence-corrected chi connectivity index (χ1v) is 7.34. The van der Waals surface area contributed by atoms with Crippen LogP contribution in [-0.4, -0.2) is 14.7 Å². The molecule has 5 heteroatoms. The summed E-state index contributed by atoms with van der Waals surface area (Å²) in [4.78, 5) is 0.761. The van der Waals surface area contributed by atoms with Crippen LogP contribution in [0.5, 0.6) is 0 Å². The number of aryl methyl sites for hydroxylation is 1. The highest BCUT2D eigenvalue weighted by atomic mass is 32.1. The summed E-state index contributed by atoms with van der Waals surface area (Å²) in [6.07, 6.45) is -0.806. The Bertz CT molecular complexity index is 745. The van der Waals surface area contributed by atoms with Crippen LogP contribution < -0.4 is 0 Å². The first-order chi connectivity index (χ1) is 9.58. The summed E-state index contributed by atoms with van der Waals surface area (Å²) in [6, 6.07) is 7.85. The maximum atomic E-state index is 10.5. The molecule has 0 aliphatic carbocycles. The molecule has 1 N–H and O–H groups in total. The average Bonchev–Trinajstić information content (AvgIpc) is 3.05. The SMILES string of the molecule is Cc1cccc2cc(C(O)c3snnc3C(C)C)oc12.